The molecule has 1 aliphatic heterocycles. The average molecular weight is 270 g/mol. The summed E-state index contributed by atoms with van der Waals surface area (Å²) in [5, 5.41) is 9.54. The number of benzene rings is 1. The molecule has 18 heavy (non-hydrogen) atoms. The van der Waals surface area contributed by atoms with Crippen LogP contribution in [-0.2, 0) is 4.74 Å². The average Bonchev–Trinajstić information content (AvgIpc) is 2.29. The second-order valence-electron chi connectivity index (χ2n) is 4.54. The van der Waals surface area contributed by atoms with Gasteiger partial charge in [-0.05, 0) is 31.0 Å². The van der Waals surface area contributed by atoms with Crippen LogP contribution in [0, 0.1) is 13.8 Å². The minimum absolute atomic E-state index is 0.139. The summed E-state index contributed by atoms with van der Waals surface area (Å²) < 4.78 is 5.12. The molecule has 1 unspecified atom stereocenters. The summed E-state index contributed by atoms with van der Waals surface area (Å²) in [6.07, 6.45) is -0.251. The number of aliphatic hydroxyl groups excluding tert-OH is 1. The van der Waals surface area contributed by atoms with E-state index in [4.69, 9.17) is 21.4 Å². The van der Waals surface area contributed by atoms with E-state index in [2.05, 4.69) is 0 Å². The first kappa shape index (κ1) is 13.2. The van der Waals surface area contributed by atoms with Crippen LogP contribution < -0.4 is 4.90 Å². The highest BCUT2D eigenvalue weighted by Gasteiger charge is 2.29. The second-order valence-corrected chi connectivity index (χ2v) is 4.95. The Balaban J connectivity index is 2.30. The van der Waals surface area contributed by atoms with Crippen molar-refractivity contribution in [2.45, 2.75) is 26.4 Å². The maximum Gasteiger partial charge on any atom is 0.414 e. The number of amides is 1. The van der Waals surface area contributed by atoms with Gasteiger partial charge in [-0.3, -0.25) is 4.90 Å². The molecule has 1 heterocycles. The molecule has 1 aliphatic rings. The highest BCUT2D eigenvalue weighted by Crippen LogP contribution is 2.33. The molecule has 4 nitrogen and oxygen atoms in total. The largest absolute Gasteiger partial charge is 0.443 e. The molecule has 1 fully saturated rings. The van der Waals surface area contributed by atoms with Crippen LogP contribution in [0.15, 0.2) is 12.1 Å². The Bertz CT molecular complexity index is 452. The predicted molar refractivity (Wildman–Crippen MR) is 70.2 cm³/mol. The fourth-order valence-electron chi connectivity index (χ4n) is 2.21. The number of carbonyl (C=O) groups excluding carboxylic acids is 1. The summed E-state index contributed by atoms with van der Waals surface area (Å²) in [6, 6.07) is 3.81. The molecule has 5 heteroatoms. The number of cyclic esters (lactones) is 1. The first-order chi connectivity index (χ1) is 8.52. The maximum atomic E-state index is 11.9. The fourth-order valence-corrected chi connectivity index (χ4v) is 2.63. The van der Waals surface area contributed by atoms with E-state index in [9.17, 15) is 4.79 Å². The van der Waals surface area contributed by atoms with Gasteiger partial charge in [0.05, 0.1) is 17.3 Å². The van der Waals surface area contributed by atoms with Crippen LogP contribution in [-0.4, -0.2) is 30.5 Å². The molecule has 1 aromatic rings. The standard InChI is InChI=1S/C13H16ClNO3/c1-8-5-9(2)12(11(14)6-8)15-4-3-10(7-16)18-13(15)17/h5-6,10,16H,3-4,7H2,1-2H3. The van der Waals surface area contributed by atoms with Crippen LogP contribution in [0.1, 0.15) is 17.5 Å². The maximum absolute atomic E-state index is 11.9. The number of rotatable bonds is 2. The lowest BCUT2D eigenvalue weighted by Gasteiger charge is -2.32. The van der Waals surface area contributed by atoms with Gasteiger partial charge >= 0.3 is 6.09 Å². The molecule has 0 spiro atoms. The third kappa shape index (κ3) is 2.44. The predicted octanol–water partition coefficient (Wildman–Crippen LogP) is 2.66. The lowest BCUT2D eigenvalue weighted by molar-refractivity contribution is 0.0452. The highest BCUT2D eigenvalue weighted by molar-refractivity contribution is 6.34. The van der Waals surface area contributed by atoms with Crippen molar-refractivity contribution in [2.24, 2.45) is 0 Å². The molecule has 98 valence electrons. The monoisotopic (exact) mass is 269 g/mol. The second kappa shape index (κ2) is 5.16. The molecule has 0 saturated carbocycles. The van der Waals surface area contributed by atoms with Gasteiger partial charge in [-0.1, -0.05) is 17.7 Å². The van der Waals surface area contributed by atoms with Gasteiger partial charge in [0.2, 0.25) is 0 Å². The van der Waals surface area contributed by atoms with E-state index in [0.29, 0.717) is 23.7 Å². The van der Waals surface area contributed by atoms with Crippen molar-refractivity contribution in [1.82, 2.24) is 0 Å². The van der Waals surface area contributed by atoms with Gasteiger partial charge in [0.15, 0.2) is 0 Å². The summed E-state index contributed by atoms with van der Waals surface area (Å²) in [7, 11) is 0. The van der Waals surface area contributed by atoms with E-state index in [-0.39, 0.29) is 6.61 Å². The van der Waals surface area contributed by atoms with Gasteiger partial charge in [0, 0.05) is 13.0 Å². The number of hydrogen-bond donors (Lipinski definition) is 1. The summed E-state index contributed by atoms with van der Waals surface area (Å²) in [5.74, 6) is 0. The number of hydrogen-bond acceptors (Lipinski definition) is 3. The molecule has 2 rings (SSSR count). The Morgan fingerprint density at radius 1 is 1.50 bits per heavy atom. The van der Waals surface area contributed by atoms with Crippen LogP contribution in [0.4, 0.5) is 10.5 Å². The molecule has 1 amide bonds. The number of carbonyl (C=O) groups is 1. The Hall–Kier alpha value is -1.26. The molecular weight excluding hydrogens is 254 g/mol. The molecule has 0 bridgehead atoms. The third-order valence-corrected chi connectivity index (χ3v) is 3.32. The highest BCUT2D eigenvalue weighted by atomic mass is 35.5. The SMILES string of the molecule is Cc1cc(C)c(N2CCC(CO)OC2=O)c(Cl)c1. The Kier molecular flexibility index (Phi) is 3.78. The lowest BCUT2D eigenvalue weighted by Crippen LogP contribution is -2.43. The topological polar surface area (TPSA) is 49.8 Å². The van der Waals surface area contributed by atoms with Crippen LogP contribution in [0.5, 0.6) is 0 Å². The molecule has 1 saturated heterocycles. The smallest absolute Gasteiger partial charge is 0.414 e. The van der Waals surface area contributed by atoms with E-state index in [1.807, 2.05) is 26.0 Å². The van der Waals surface area contributed by atoms with E-state index in [1.54, 1.807) is 0 Å². The summed E-state index contributed by atoms with van der Waals surface area (Å²) in [4.78, 5) is 13.4. The third-order valence-electron chi connectivity index (χ3n) is 3.03. The first-order valence-electron chi connectivity index (χ1n) is 5.88. The number of anilines is 1. The van der Waals surface area contributed by atoms with Crippen molar-refractivity contribution in [3.63, 3.8) is 0 Å². The van der Waals surface area contributed by atoms with E-state index in [1.165, 1.54) is 4.90 Å². The van der Waals surface area contributed by atoms with Crippen molar-refractivity contribution >= 4 is 23.4 Å². The minimum Gasteiger partial charge on any atom is -0.443 e. The number of aliphatic hydroxyl groups is 1. The first-order valence-corrected chi connectivity index (χ1v) is 6.26. The molecular formula is C13H16ClNO3. The van der Waals surface area contributed by atoms with Crippen LogP contribution >= 0.6 is 11.6 Å². The molecule has 1 N–H and O–H groups in total. The fraction of sp³-hybridized carbons (Fsp3) is 0.462. The Morgan fingerprint density at radius 2 is 2.22 bits per heavy atom. The summed E-state index contributed by atoms with van der Waals surface area (Å²) >= 11 is 6.20. The number of nitrogens with zero attached hydrogens (tertiary/aromatic N) is 1. The van der Waals surface area contributed by atoms with E-state index < -0.39 is 12.2 Å². The molecule has 0 aliphatic carbocycles. The van der Waals surface area contributed by atoms with Crippen molar-refractivity contribution in [1.29, 1.82) is 0 Å². The zero-order valence-corrected chi connectivity index (χ0v) is 11.2. The minimum atomic E-state index is -0.450. The van der Waals surface area contributed by atoms with Crippen LogP contribution in [0.2, 0.25) is 5.02 Å². The number of ether oxygens (including phenoxy) is 1. The van der Waals surface area contributed by atoms with Gasteiger partial charge in [-0.2, -0.15) is 0 Å². The van der Waals surface area contributed by atoms with Crippen molar-refractivity contribution in [3.8, 4) is 0 Å². The Morgan fingerprint density at radius 3 is 2.78 bits per heavy atom. The number of halogens is 1. The van der Waals surface area contributed by atoms with Crippen molar-refractivity contribution in [3.05, 3.63) is 28.3 Å². The molecule has 0 radical (unpaired) electrons. The molecule has 0 aromatic heterocycles. The van der Waals surface area contributed by atoms with E-state index in [0.717, 1.165) is 11.1 Å². The van der Waals surface area contributed by atoms with Crippen molar-refractivity contribution in [2.75, 3.05) is 18.1 Å². The Labute approximate surface area is 111 Å². The van der Waals surface area contributed by atoms with Gasteiger partial charge in [-0.15, -0.1) is 0 Å². The van der Waals surface area contributed by atoms with Gasteiger partial charge in [0.25, 0.3) is 0 Å². The van der Waals surface area contributed by atoms with Gasteiger partial charge in [-0.25, -0.2) is 4.79 Å². The van der Waals surface area contributed by atoms with Gasteiger partial charge in [0.1, 0.15) is 6.10 Å². The number of aryl methyl sites for hydroxylation is 2. The summed E-state index contributed by atoms with van der Waals surface area (Å²) in [5.41, 5.74) is 2.70. The molecule has 1 aromatic carbocycles. The summed E-state index contributed by atoms with van der Waals surface area (Å²) in [6.45, 7) is 4.24. The van der Waals surface area contributed by atoms with E-state index >= 15 is 0 Å². The zero-order chi connectivity index (χ0) is 13.3. The lowest BCUT2D eigenvalue weighted by atomic mass is 10.1. The van der Waals surface area contributed by atoms with Crippen LogP contribution in [0.25, 0.3) is 0 Å². The zero-order valence-electron chi connectivity index (χ0n) is 10.4. The normalized spacial score (nSPS) is 19.9. The van der Waals surface area contributed by atoms with Crippen molar-refractivity contribution < 1.29 is 14.6 Å². The van der Waals surface area contributed by atoms with Crippen LogP contribution in [0.3, 0.4) is 0 Å². The van der Waals surface area contributed by atoms with Gasteiger partial charge < -0.3 is 9.84 Å². The quantitative estimate of drug-likeness (QED) is 0.898. The molecule has 1 atom stereocenters.